The largest absolute Gasteiger partial charge is 0.497 e. The van der Waals surface area contributed by atoms with Gasteiger partial charge >= 0.3 is 0 Å². The molecule has 0 saturated heterocycles. The number of ether oxygens (including phenoxy) is 1. The van der Waals surface area contributed by atoms with Crippen LogP contribution in [0.2, 0.25) is 0 Å². The molecule has 4 nitrogen and oxygen atoms in total. The Morgan fingerprint density at radius 3 is 2.29 bits per heavy atom. The summed E-state index contributed by atoms with van der Waals surface area (Å²) in [5.41, 5.74) is 0.899. The molecule has 1 aromatic rings. The number of nitrogens with one attached hydrogen (secondary N) is 1. The Morgan fingerprint density at radius 2 is 1.86 bits per heavy atom. The van der Waals surface area contributed by atoms with Gasteiger partial charge in [-0.15, -0.1) is 0 Å². The minimum absolute atomic E-state index is 0.308. The van der Waals surface area contributed by atoms with Gasteiger partial charge in [-0.1, -0.05) is 12.1 Å². The predicted octanol–water partition coefficient (Wildman–Crippen LogP) is 0.744. The number of hydrogen-bond donors (Lipinski definition) is 1. The second kappa shape index (κ2) is 4.43. The summed E-state index contributed by atoms with van der Waals surface area (Å²) in [5.74, 6) is 0.758. The van der Waals surface area contributed by atoms with Crippen molar-refractivity contribution >= 4 is 10.0 Å². The summed E-state index contributed by atoms with van der Waals surface area (Å²) in [6.45, 7) is 0.308. The highest BCUT2D eigenvalue weighted by atomic mass is 32.2. The summed E-state index contributed by atoms with van der Waals surface area (Å²) >= 11 is 0. The van der Waals surface area contributed by atoms with Crippen LogP contribution < -0.4 is 9.46 Å². The minimum atomic E-state index is -3.12. The van der Waals surface area contributed by atoms with Gasteiger partial charge in [0.05, 0.1) is 13.4 Å². The van der Waals surface area contributed by atoms with Crippen molar-refractivity contribution in [3.63, 3.8) is 0 Å². The van der Waals surface area contributed by atoms with E-state index in [9.17, 15) is 8.42 Å². The number of hydrogen-bond acceptors (Lipinski definition) is 3. The standard InChI is InChI=1S/C9H13NO3S/c1-13-9-5-3-8(4-6-9)7-10-14(2,11)12/h3-6,10H,7H2,1-2H3. The lowest BCUT2D eigenvalue weighted by Gasteiger charge is -2.03. The average molecular weight is 215 g/mol. The third-order valence-corrected chi connectivity index (χ3v) is 2.37. The zero-order valence-electron chi connectivity index (χ0n) is 8.15. The predicted molar refractivity (Wildman–Crippen MR) is 54.7 cm³/mol. The van der Waals surface area contributed by atoms with E-state index < -0.39 is 10.0 Å². The molecule has 0 heterocycles. The van der Waals surface area contributed by atoms with E-state index in [4.69, 9.17) is 4.74 Å². The van der Waals surface area contributed by atoms with E-state index in [0.717, 1.165) is 17.6 Å². The summed E-state index contributed by atoms with van der Waals surface area (Å²) in [6, 6.07) is 7.21. The van der Waals surface area contributed by atoms with Crippen LogP contribution in [0.15, 0.2) is 24.3 Å². The molecule has 0 radical (unpaired) electrons. The van der Waals surface area contributed by atoms with Crippen LogP contribution in [0.4, 0.5) is 0 Å². The van der Waals surface area contributed by atoms with E-state index in [0.29, 0.717) is 6.54 Å². The first-order valence-electron chi connectivity index (χ1n) is 4.09. The molecular weight excluding hydrogens is 202 g/mol. The molecule has 0 saturated carbocycles. The Labute approximate surface area is 84.0 Å². The van der Waals surface area contributed by atoms with Crippen LogP contribution in [0, 0.1) is 0 Å². The first-order chi connectivity index (χ1) is 6.51. The third-order valence-electron chi connectivity index (χ3n) is 1.70. The monoisotopic (exact) mass is 215 g/mol. The van der Waals surface area contributed by atoms with Gasteiger partial charge in [0.2, 0.25) is 10.0 Å². The van der Waals surface area contributed by atoms with Gasteiger partial charge in [0, 0.05) is 6.54 Å². The molecule has 0 unspecified atom stereocenters. The molecule has 0 spiro atoms. The maximum absolute atomic E-state index is 10.8. The SMILES string of the molecule is COc1ccc(CNS(C)(=O)=O)cc1. The molecule has 0 fully saturated rings. The van der Waals surface area contributed by atoms with Crippen LogP contribution in [0.3, 0.4) is 0 Å². The van der Waals surface area contributed by atoms with Gasteiger partial charge in [-0.05, 0) is 17.7 Å². The molecule has 14 heavy (non-hydrogen) atoms. The zero-order valence-corrected chi connectivity index (χ0v) is 8.97. The molecule has 0 atom stereocenters. The summed E-state index contributed by atoms with van der Waals surface area (Å²) in [5, 5.41) is 0. The fourth-order valence-electron chi connectivity index (χ4n) is 0.958. The molecule has 0 aromatic heterocycles. The highest BCUT2D eigenvalue weighted by molar-refractivity contribution is 7.88. The lowest BCUT2D eigenvalue weighted by molar-refractivity contribution is 0.414. The molecule has 78 valence electrons. The second-order valence-corrected chi connectivity index (χ2v) is 4.77. The van der Waals surface area contributed by atoms with Crippen molar-refractivity contribution in [2.45, 2.75) is 6.54 Å². The maximum atomic E-state index is 10.8. The van der Waals surface area contributed by atoms with E-state index in [1.165, 1.54) is 0 Å². The number of rotatable bonds is 4. The molecular formula is C9H13NO3S. The van der Waals surface area contributed by atoms with Crippen LogP contribution >= 0.6 is 0 Å². The van der Waals surface area contributed by atoms with Crippen LogP contribution in [0.25, 0.3) is 0 Å². The Kier molecular flexibility index (Phi) is 3.49. The minimum Gasteiger partial charge on any atom is -0.497 e. The quantitative estimate of drug-likeness (QED) is 0.806. The second-order valence-electron chi connectivity index (χ2n) is 2.94. The smallest absolute Gasteiger partial charge is 0.209 e. The molecule has 0 aliphatic heterocycles. The molecule has 5 heteroatoms. The summed E-state index contributed by atoms with van der Waals surface area (Å²) in [7, 11) is -1.53. The van der Waals surface area contributed by atoms with Crippen molar-refractivity contribution in [1.29, 1.82) is 0 Å². The van der Waals surface area contributed by atoms with Gasteiger partial charge in [0.15, 0.2) is 0 Å². The van der Waals surface area contributed by atoms with Crippen molar-refractivity contribution in [3.8, 4) is 5.75 Å². The summed E-state index contributed by atoms with van der Waals surface area (Å²) in [6.07, 6.45) is 1.14. The lowest BCUT2D eigenvalue weighted by Crippen LogP contribution is -2.21. The van der Waals surface area contributed by atoms with E-state index in [1.807, 2.05) is 12.1 Å². The number of benzene rings is 1. The van der Waals surface area contributed by atoms with Gasteiger partial charge in [-0.2, -0.15) is 0 Å². The van der Waals surface area contributed by atoms with Crippen molar-refractivity contribution in [1.82, 2.24) is 4.72 Å². The fraction of sp³-hybridized carbons (Fsp3) is 0.333. The van der Waals surface area contributed by atoms with Crippen LogP contribution in [0.5, 0.6) is 5.75 Å². The van der Waals surface area contributed by atoms with Crippen LogP contribution in [-0.4, -0.2) is 21.8 Å². The first-order valence-corrected chi connectivity index (χ1v) is 5.98. The molecule has 0 amide bonds. The maximum Gasteiger partial charge on any atom is 0.209 e. The Balaban J connectivity index is 2.61. The topological polar surface area (TPSA) is 55.4 Å². The van der Waals surface area contributed by atoms with E-state index >= 15 is 0 Å². The average Bonchev–Trinajstić information content (AvgIpc) is 2.14. The van der Waals surface area contributed by atoms with Crippen molar-refractivity contribution < 1.29 is 13.2 Å². The summed E-state index contributed by atoms with van der Waals surface area (Å²) in [4.78, 5) is 0. The van der Waals surface area contributed by atoms with E-state index in [-0.39, 0.29) is 0 Å². The Bertz CT molecular complexity index is 383. The highest BCUT2D eigenvalue weighted by Gasteiger charge is 2.00. The molecule has 1 rings (SSSR count). The van der Waals surface area contributed by atoms with Crippen molar-refractivity contribution in [3.05, 3.63) is 29.8 Å². The highest BCUT2D eigenvalue weighted by Crippen LogP contribution is 2.10. The van der Waals surface area contributed by atoms with E-state index in [1.54, 1.807) is 19.2 Å². The Hall–Kier alpha value is -1.07. The third kappa shape index (κ3) is 3.76. The van der Waals surface area contributed by atoms with E-state index in [2.05, 4.69) is 4.72 Å². The molecule has 0 bridgehead atoms. The number of sulfonamides is 1. The van der Waals surface area contributed by atoms with Crippen molar-refractivity contribution in [2.24, 2.45) is 0 Å². The van der Waals surface area contributed by atoms with Gasteiger partial charge < -0.3 is 4.74 Å². The first kappa shape index (κ1) is 11.0. The molecule has 0 aliphatic rings. The van der Waals surface area contributed by atoms with Gasteiger partial charge in [-0.3, -0.25) is 0 Å². The van der Waals surface area contributed by atoms with Crippen molar-refractivity contribution in [2.75, 3.05) is 13.4 Å². The normalized spacial score (nSPS) is 11.3. The molecule has 0 aliphatic carbocycles. The number of methoxy groups -OCH3 is 1. The van der Waals surface area contributed by atoms with Crippen LogP contribution in [0.1, 0.15) is 5.56 Å². The van der Waals surface area contributed by atoms with Gasteiger partial charge in [-0.25, -0.2) is 13.1 Å². The molecule has 1 aromatic carbocycles. The Morgan fingerprint density at radius 1 is 1.29 bits per heavy atom. The van der Waals surface area contributed by atoms with Gasteiger partial charge in [0.25, 0.3) is 0 Å². The van der Waals surface area contributed by atoms with Gasteiger partial charge in [0.1, 0.15) is 5.75 Å². The summed E-state index contributed by atoms with van der Waals surface area (Å²) < 4.78 is 29.0. The molecule has 1 N–H and O–H groups in total. The fourth-order valence-corrected chi connectivity index (χ4v) is 1.39. The zero-order chi connectivity index (χ0) is 10.6. The van der Waals surface area contributed by atoms with Crippen LogP contribution in [-0.2, 0) is 16.6 Å². The lowest BCUT2D eigenvalue weighted by atomic mass is 10.2.